The normalized spacial score (nSPS) is 28.7. The van der Waals surface area contributed by atoms with E-state index in [9.17, 15) is 5.11 Å². The van der Waals surface area contributed by atoms with Crippen molar-refractivity contribution in [2.75, 3.05) is 31.7 Å². The fourth-order valence-corrected chi connectivity index (χ4v) is 3.63. The molecule has 2 heterocycles. The first-order valence-corrected chi connectivity index (χ1v) is 8.83. The summed E-state index contributed by atoms with van der Waals surface area (Å²) in [4.78, 5) is 11.7. The van der Waals surface area contributed by atoms with Crippen molar-refractivity contribution in [2.45, 2.75) is 57.5 Å². The van der Waals surface area contributed by atoms with Crippen LogP contribution in [-0.4, -0.2) is 47.5 Å². The second-order valence-electron chi connectivity index (χ2n) is 7.31. The van der Waals surface area contributed by atoms with Gasteiger partial charge >= 0.3 is 0 Å². The van der Waals surface area contributed by atoms with Crippen LogP contribution < -0.4 is 4.90 Å². The zero-order valence-corrected chi connectivity index (χ0v) is 14.6. The maximum absolute atomic E-state index is 10.8. The van der Waals surface area contributed by atoms with E-state index in [-0.39, 0.29) is 5.92 Å². The Hall–Kier alpha value is -1.20. The van der Waals surface area contributed by atoms with Crippen LogP contribution in [0.2, 0.25) is 0 Å². The van der Waals surface area contributed by atoms with E-state index in [1.54, 1.807) is 7.11 Å². The van der Waals surface area contributed by atoms with E-state index in [0.717, 1.165) is 31.2 Å². The zero-order chi connectivity index (χ0) is 16.4. The van der Waals surface area contributed by atoms with Crippen molar-refractivity contribution in [2.24, 2.45) is 5.92 Å². The van der Waals surface area contributed by atoms with Crippen LogP contribution in [0.15, 0.2) is 6.07 Å². The molecule has 1 saturated heterocycles. The van der Waals surface area contributed by atoms with Gasteiger partial charge in [0.1, 0.15) is 0 Å². The van der Waals surface area contributed by atoms with Gasteiger partial charge in [-0.2, -0.15) is 0 Å². The van der Waals surface area contributed by atoms with E-state index in [1.165, 1.54) is 25.0 Å². The summed E-state index contributed by atoms with van der Waals surface area (Å²) in [5.74, 6) is 1.64. The van der Waals surface area contributed by atoms with Crippen LogP contribution in [0, 0.1) is 12.8 Å². The monoisotopic (exact) mass is 319 g/mol. The van der Waals surface area contributed by atoms with Crippen molar-refractivity contribution < 1.29 is 9.84 Å². The van der Waals surface area contributed by atoms with E-state index in [1.807, 2.05) is 0 Å². The minimum Gasteiger partial charge on any atom is -0.389 e. The Morgan fingerprint density at radius 1 is 1.39 bits per heavy atom. The van der Waals surface area contributed by atoms with Gasteiger partial charge in [0.15, 0.2) is 0 Å². The molecule has 5 heteroatoms. The van der Waals surface area contributed by atoms with E-state index in [4.69, 9.17) is 9.72 Å². The van der Waals surface area contributed by atoms with Gasteiger partial charge in [-0.15, -0.1) is 0 Å². The summed E-state index contributed by atoms with van der Waals surface area (Å²) in [6, 6.07) is 2.13. The SMILES string of the molecule is COCC[C@]1(O)CCN(c2nc(C)cc(C3CCC3)n2)C[C@H]1C. The molecular weight excluding hydrogens is 290 g/mol. The molecule has 23 heavy (non-hydrogen) atoms. The average Bonchev–Trinajstić information content (AvgIpc) is 2.46. The minimum absolute atomic E-state index is 0.183. The molecule has 0 spiro atoms. The highest BCUT2D eigenvalue weighted by Crippen LogP contribution is 2.37. The number of piperidine rings is 1. The van der Waals surface area contributed by atoms with Gasteiger partial charge in [0.25, 0.3) is 0 Å². The standard InChI is InChI=1S/C18H29N3O2/c1-13-12-21(9-7-18(13,22)8-10-23-3)17-19-14(2)11-16(20-17)15-5-4-6-15/h11,13,15,22H,4-10,12H2,1-3H3/t13-,18-/m1/s1. The quantitative estimate of drug-likeness (QED) is 0.904. The third-order valence-corrected chi connectivity index (χ3v) is 5.63. The fourth-order valence-electron chi connectivity index (χ4n) is 3.63. The highest BCUT2D eigenvalue weighted by atomic mass is 16.5. The lowest BCUT2D eigenvalue weighted by molar-refractivity contribution is -0.0490. The highest BCUT2D eigenvalue weighted by molar-refractivity contribution is 5.35. The second kappa shape index (κ2) is 6.73. The molecule has 1 N–H and O–H groups in total. The fraction of sp³-hybridized carbons (Fsp3) is 0.778. The average molecular weight is 319 g/mol. The first-order chi connectivity index (χ1) is 11.0. The van der Waals surface area contributed by atoms with Crippen LogP contribution in [0.25, 0.3) is 0 Å². The number of aromatic nitrogens is 2. The number of methoxy groups -OCH3 is 1. The molecule has 1 aromatic rings. The van der Waals surface area contributed by atoms with Crippen LogP contribution in [0.3, 0.4) is 0 Å². The topological polar surface area (TPSA) is 58.5 Å². The predicted molar refractivity (Wildman–Crippen MR) is 90.8 cm³/mol. The smallest absolute Gasteiger partial charge is 0.225 e. The molecule has 1 saturated carbocycles. The Balaban J connectivity index is 1.72. The van der Waals surface area contributed by atoms with E-state index < -0.39 is 5.60 Å². The summed E-state index contributed by atoms with van der Waals surface area (Å²) in [7, 11) is 1.69. The molecule has 2 atom stereocenters. The maximum Gasteiger partial charge on any atom is 0.225 e. The van der Waals surface area contributed by atoms with Gasteiger partial charge < -0.3 is 14.7 Å². The van der Waals surface area contributed by atoms with E-state index >= 15 is 0 Å². The summed E-state index contributed by atoms with van der Waals surface area (Å²) < 4.78 is 5.15. The summed E-state index contributed by atoms with van der Waals surface area (Å²) in [6.07, 6.45) is 5.26. The van der Waals surface area contributed by atoms with Gasteiger partial charge in [0.2, 0.25) is 5.95 Å². The molecule has 2 aliphatic rings. The summed E-state index contributed by atoms with van der Waals surface area (Å²) in [5.41, 5.74) is 1.61. The number of rotatable bonds is 5. The predicted octanol–water partition coefficient (Wildman–Crippen LogP) is 2.67. The van der Waals surface area contributed by atoms with Gasteiger partial charge in [-0.1, -0.05) is 13.3 Å². The molecule has 1 aliphatic carbocycles. The number of nitrogens with zero attached hydrogens (tertiary/aromatic N) is 3. The van der Waals surface area contributed by atoms with Crippen molar-refractivity contribution in [3.05, 3.63) is 17.5 Å². The first kappa shape index (κ1) is 16.7. The first-order valence-electron chi connectivity index (χ1n) is 8.83. The van der Waals surface area contributed by atoms with Crippen LogP contribution >= 0.6 is 0 Å². The number of hydrogen-bond acceptors (Lipinski definition) is 5. The van der Waals surface area contributed by atoms with Crippen molar-refractivity contribution in [1.29, 1.82) is 0 Å². The Labute approximate surface area is 139 Å². The Kier molecular flexibility index (Phi) is 4.87. The largest absolute Gasteiger partial charge is 0.389 e. The lowest BCUT2D eigenvalue weighted by Crippen LogP contribution is -2.52. The van der Waals surface area contributed by atoms with Gasteiger partial charge in [0, 0.05) is 50.0 Å². The number of anilines is 1. The van der Waals surface area contributed by atoms with Crippen molar-refractivity contribution >= 4 is 5.95 Å². The number of aliphatic hydroxyl groups is 1. The molecule has 5 nitrogen and oxygen atoms in total. The lowest BCUT2D eigenvalue weighted by Gasteiger charge is -2.43. The highest BCUT2D eigenvalue weighted by Gasteiger charge is 2.39. The zero-order valence-electron chi connectivity index (χ0n) is 14.6. The number of hydrogen-bond donors (Lipinski definition) is 1. The maximum atomic E-state index is 10.8. The van der Waals surface area contributed by atoms with Crippen molar-refractivity contribution in [3.63, 3.8) is 0 Å². The molecule has 0 radical (unpaired) electrons. The summed E-state index contributed by atoms with van der Waals surface area (Å²) in [5, 5.41) is 10.8. The summed E-state index contributed by atoms with van der Waals surface area (Å²) >= 11 is 0. The Morgan fingerprint density at radius 3 is 2.78 bits per heavy atom. The van der Waals surface area contributed by atoms with Crippen LogP contribution in [0.4, 0.5) is 5.95 Å². The molecular formula is C18H29N3O2. The molecule has 0 aromatic carbocycles. The van der Waals surface area contributed by atoms with Crippen LogP contribution in [0.5, 0.6) is 0 Å². The molecule has 128 valence electrons. The molecule has 0 bridgehead atoms. The van der Waals surface area contributed by atoms with Gasteiger partial charge in [0.05, 0.1) is 5.60 Å². The van der Waals surface area contributed by atoms with Gasteiger partial charge in [-0.05, 0) is 38.7 Å². The lowest BCUT2D eigenvalue weighted by atomic mass is 9.80. The summed E-state index contributed by atoms with van der Waals surface area (Å²) in [6.45, 7) is 6.37. The third-order valence-electron chi connectivity index (χ3n) is 5.63. The number of aryl methyl sites for hydroxylation is 1. The van der Waals surface area contributed by atoms with Crippen LogP contribution in [-0.2, 0) is 4.74 Å². The van der Waals surface area contributed by atoms with Gasteiger partial charge in [-0.25, -0.2) is 9.97 Å². The molecule has 2 fully saturated rings. The molecule has 3 rings (SSSR count). The third kappa shape index (κ3) is 3.50. The minimum atomic E-state index is -0.632. The molecule has 0 unspecified atom stereocenters. The molecule has 1 aliphatic heterocycles. The van der Waals surface area contributed by atoms with Crippen molar-refractivity contribution in [1.82, 2.24) is 9.97 Å². The second-order valence-corrected chi connectivity index (χ2v) is 7.31. The number of ether oxygens (including phenoxy) is 1. The van der Waals surface area contributed by atoms with Gasteiger partial charge in [-0.3, -0.25) is 0 Å². The van der Waals surface area contributed by atoms with Crippen LogP contribution in [0.1, 0.15) is 56.3 Å². The Bertz CT molecular complexity index is 547. The Morgan fingerprint density at radius 2 is 2.17 bits per heavy atom. The molecule has 1 aromatic heterocycles. The van der Waals surface area contributed by atoms with E-state index in [0.29, 0.717) is 18.9 Å². The molecule has 0 amide bonds. The van der Waals surface area contributed by atoms with E-state index in [2.05, 4.69) is 29.8 Å². The van der Waals surface area contributed by atoms with Crippen molar-refractivity contribution in [3.8, 4) is 0 Å².